The third-order valence-electron chi connectivity index (χ3n) is 4.28. The Bertz CT molecular complexity index is 882. The second-order valence-electron chi connectivity index (χ2n) is 5.79. The molecule has 0 unspecified atom stereocenters. The number of carbonyl (C=O) groups excluding carboxylic acids is 3. The topological polar surface area (TPSA) is 101 Å². The Hall–Kier alpha value is -3.13. The number of Topliss-reactive ketones (excluding diaryl/α,β-unsaturated/α-hetero) is 1. The molecule has 1 saturated heterocycles. The van der Waals surface area contributed by atoms with E-state index in [1.807, 2.05) is 0 Å². The molecule has 0 amide bonds. The first-order valence-corrected chi connectivity index (χ1v) is 8.05. The van der Waals surface area contributed by atoms with E-state index < -0.39 is 29.4 Å². The van der Waals surface area contributed by atoms with E-state index in [0.29, 0.717) is 5.76 Å². The standard InChI is InChI=1S/C19H18O8/c1-5-6-10-9-14(20)19(18(26-10)27-19)16(21)15-12(17(22)25-4)7-11(23-2)8-13(15)24-3/h5-9,18H,1-4H3/b6-5+/t18-,19+/m0/s1. The van der Waals surface area contributed by atoms with Crippen LogP contribution in [0.1, 0.15) is 27.6 Å². The Morgan fingerprint density at radius 3 is 2.48 bits per heavy atom. The lowest BCUT2D eigenvalue weighted by molar-refractivity contribution is -0.118. The third-order valence-corrected chi connectivity index (χ3v) is 4.28. The fourth-order valence-electron chi connectivity index (χ4n) is 2.89. The fourth-order valence-corrected chi connectivity index (χ4v) is 2.89. The average molecular weight is 374 g/mol. The van der Waals surface area contributed by atoms with Crippen molar-refractivity contribution in [2.45, 2.75) is 18.8 Å². The number of ether oxygens (including phenoxy) is 5. The molecular weight excluding hydrogens is 356 g/mol. The summed E-state index contributed by atoms with van der Waals surface area (Å²) in [6.07, 6.45) is 3.40. The second-order valence-corrected chi connectivity index (χ2v) is 5.79. The summed E-state index contributed by atoms with van der Waals surface area (Å²) in [7, 11) is 3.92. The van der Waals surface area contributed by atoms with Crippen LogP contribution in [-0.4, -0.2) is 50.8 Å². The number of ketones is 2. The number of hydrogen-bond acceptors (Lipinski definition) is 8. The van der Waals surface area contributed by atoms with Gasteiger partial charge in [0.2, 0.25) is 17.9 Å². The Morgan fingerprint density at radius 2 is 1.93 bits per heavy atom. The smallest absolute Gasteiger partial charge is 0.338 e. The van der Waals surface area contributed by atoms with Gasteiger partial charge in [-0.25, -0.2) is 4.79 Å². The minimum atomic E-state index is -1.84. The number of epoxide rings is 1. The normalized spacial score (nSPS) is 23.2. The zero-order valence-electron chi connectivity index (χ0n) is 15.2. The quantitative estimate of drug-likeness (QED) is 0.322. The molecule has 2 aliphatic heterocycles. The lowest BCUT2D eigenvalue weighted by Crippen LogP contribution is -2.39. The molecule has 142 valence electrons. The van der Waals surface area contributed by atoms with Crippen molar-refractivity contribution >= 4 is 17.5 Å². The number of allylic oxidation sites excluding steroid dienone is 2. The fraction of sp³-hybridized carbons (Fsp3) is 0.316. The summed E-state index contributed by atoms with van der Waals surface area (Å²) in [5.74, 6) is -1.45. The summed E-state index contributed by atoms with van der Waals surface area (Å²) in [6.45, 7) is 1.76. The first kappa shape index (κ1) is 18.7. The van der Waals surface area contributed by atoms with Crippen LogP contribution in [-0.2, 0) is 19.0 Å². The molecule has 1 fully saturated rings. The maximum Gasteiger partial charge on any atom is 0.338 e. The summed E-state index contributed by atoms with van der Waals surface area (Å²) in [5.41, 5.74) is -2.07. The summed E-state index contributed by atoms with van der Waals surface area (Å²) in [6, 6.07) is 2.77. The molecule has 2 atom stereocenters. The Kier molecular flexibility index (Phi) is 4.75. The number of benzene rings is 1. The molecule has 0 aliphatic carbocycles. The number of hydrogen-bond donors (Lipinski definition) is 0. The molecule has 0 radical (unpaired) electrons. The van der Waals surface area contributed by atoms with Gasteiger partial charge in [-0.2, -0.15) is 0 Å². The molecule has 27 heavy (non-hydrogen) atoms. The highest BCUT2D eigenvalue weighted by molar-refractivity contribution is 6.26. The maximum atomic E-state index is 13.3. The van der Waals surface area contributed by atoms with Gasteiger partial charge in [0.25, 0.3) is 5.60 Å². The molecule has 2 aliphatic rings. The minimum Gasteiger partial charge on any atom is -0.497 e. The van der Waals surface area contributed by atoms with E-state index in [0.717, 1.165) is 0 Å². The highest BCUT2D eigenvalue weighted by atomic mass is 16.8. The van der Waals surface area contributed by atoms with Gasteiger partial charge in [0, 0.05) is 12.1 Å². The van der Waals surface area contributed by atoms with Crippen molar-refractivity contribution in [2.24, 2.45) is 0 Å². The summed E-state index contributed by atoms with van der Waals surface area (Å²) < 4.78 is 26.0. The van der Waals surface area contributed by atoms with E-state index in [-0.39, 0.29) is 22.6 Å². The Morgan fingerprint density at radius 1 is 1.19 bits per heavy atom. The van der Waals surface area contributed by atoms with Crippen molar-refractivity contribution in [3.63, 3.8) is 0 Å². The van der Waals surface area contributed by atoms with Crippen molar-refractivity contribution < 1.29 is 38.1 Å². The van der Waals surface area contributed by atoms with Gasteiger partial charge >= 0.3 is 5.97 Å². The molecule has 8 heteroatoms. The van der Waals surface area contributed by atoms with Crippen molar-refractivity contribution in [1.82, 2.24) is 0 Å². The minimum absolute atomic E-state index is 0.0550. The molecule has 1 aromatic rings. The molecule has 0 aromatic heterocycles. The van der Waals surface area contributed by atoms with Crippen molar-refractivity contribution in [1.29, 1.82) is 0 Å². The van der Waals surface area contributed by atoms with Crippen molar-refractivity contribution in [3.05, 3.63) is 47.2 Å². The zero-order chi connectivity index (χ0) is 19.8. The molecular formula is C19H18O8. The van der Waals surface area contributed by atoms with Crippen LogP contribution in [0.3, 0.4) is 0 Å². The number of methoxy groups -OCH3 is 3. The largest absolute Gasteiger partial charge is 0.497 e. The second kappa shape index (κ2) is 6.88. The summed E-state index contributed by atoms with van der Waals surface area (Å²) in [4.78, 5) is 38.1. The van der Waals surface area contributed by atoms with Gasteiger partial charge < -0.3 is 23.7 Å². The molecule has 0 N–H and O–H groups in total. The van der Waals surface area contributed by atoms with Gasteiger partial charge in [0.1, 0.15) is 17.3 Å². The predicted octanol–water partition coefficient (Wildman–Crippen LogP) is 1.83. The van der Waals surface area contributed by atoms with Gasteiger partial charge in [-0.05, 0) is 19.1 Å². The number of fused-ring (bicyclic) bond motifs is 1. The van der Waals surface area contributed by atoms with Crippen LogP contribution in [0, 0.1) is 0 Å². The maximum absolute atomic E-state index is 13.3. The molecule has 0 spiro atoms. The van der Waals surface area contributed by atoms with Crippen LogP contribution in [0.25, 0.3) is 0 Å². The molecule has 2 heterocycles. The van der Waals surface area contributed by atoms with Gasteiger partial charge in [0.05, 0.1) is 32.5 Å². The number of rotatable bonds is 6. The van der Waals surface area contributed by atoms with Gasteiger partial charge in [-0.15, -0.1) is 0 Å². The highest BCUT2D eigenvalue weighted by Gasteiger charge is 2.72. The third kappa shape index (κ3) is 2.87. The molecule has 0 bridgehead atoms. The van der Waals surface area contributed by atoms with Gasteiger partial charge in [-0.3, -0.25) is 9.59 Å². The average Bonchev–Trinajstić information content (AvgIpc) is 3.42. The van der Waals surface area contributed by atoms with Crippen molar-refractivity contribution in [2.75, 3.05) is 21.3 Å². The Labute approximate surface area is 155 Å². The summed E-state index contributed by atoms with van der Waals surface area (Å²) >= 11 is 0. The van der Waals surface area contributed by atoms with Gasteiger partial charge in [-0.1, -0.05) is 6.08 Å². The molecule has 0 saturated carbocycles. The van der Waals surface area contributed by atoms with Crippen LogP contribution >= 0.6 is 0 Å². The van der Waals surface area contributed by atoms with E-state index in [4.69, 9.17) is 23.7 Å². The molecule has 1 aromatic carbocycles. The number of carbonyl (C=O) groups is 3. The van der Waals surface area contributed by atoms with Crippen LogP contribution in [0.2, 0.25) is 0 Å². The van der Waals surface area contributed by atoms with Crippen LogP contribution in [0.5, 0.6) is 11.5 Å². The SMILES string of the molecule is C/C=C/C1=CC(=O)[C@]2(C(=O)c3c(OC)cc(OC)cc3C(=O)OC)O[C@@H]2O1. The van der Waals surface area contributed by atoms with Crippen molar-refractivity contribution in [3.8, 4) is 11.5 Å². The van der Waals surface area contributed by atoms with E-state index in [1.54, 1.807) is 19.1 Å². The van der Waals surface area contributed by atoms with E-state index in [9.17, 15) is 14.4 Å². The van der Waals surface area contributed by atoms with E-state index in [1.165, 1.54) is 39.5 Å². The highest BCUT2D eigenvalue weighted by Crippen LogP contribution is 2.47. The van der Waals surface area contributed by atoms with Crippen LogP contribution in [0.4, 0.5) is 0 Å². The monoisotopic (exact) mass is 374 g/mol. The van der Waals surface area contributed by atoms with E-state index in [2.05, 4.69) is 0 Å². The lowest BCUT2D eigenvalue weighted by atomic mass is 9.88. The molecule has 3 rings (SSSR count). The van der Waals surface area contributed by atoms with Gasteiger partial charge in [0.15, 0.2) is 0 Å². The number of esters is 1. The Balaban J connectivity index is 2.11. The summed E-state index contributed by atoms with van der Waals surface area (Å²) in [5, 5.41) is 0. The van der Waals surface area contributed by atoms with Crippen LogP contribution in [0.15, 0.2) is 36.1 Å². The predicted molar refractivity (Wildman–Crippen MR) is 91.8 cm³/mol. The first-order valence-electron chi connectivity index (χ1n) is 8.05. The first-order chi connectivity index (χ1) is 12.9. The zero-order valence-corrected chi connectivity index (χ0v) is 15.2. The lowest BCUT2D eigenvalue weighted by Gasteiger charge is -2.18. The van der Waals surface area contributed by atoms with Crippen LogP contribution < -0.4 is 9.47 Å². The van der Waals surface area contributed by atoms with E-state index >= 15 is 0 Å². The molecule has 8 nitrogen and oxygen atoms in total.